The number of hydrogen-bond acceptors (Lipinski definition) is 5. The SMILES string of the molecule is C[C@@H]1CN(S(=O)(=O)N2C[C@H](CO)[C@@H](c3ccsc3)C2)[C@H](C)CO1. The second-order valence-electron chi connectivity index (χ2n) is 6.49. The number of hydrogen-bond donors (Lipinski definition) is 1. The first kappa shape index (κ1) is 17.3. The highest BCUT2D eigenvalue weighted by Crippen LogP contribution is 2.36. The molecule has 0 aliphatic carbocycles. The molecule has 0 spiro atoms. The minimum atomic E-state index is -3.53. The first-order chi connectivity index (χ1) is 10.9. The monoisotopic (exact) mass is 360 g/mol. The van der Waals surface area contributed by atoms with Crippen LogP contribution in [0, 0.1) is 5.92 Å². The number of aliphatic hydroxyl groups excluding tert-OH is 1. The molecular formula is C15H24N2O4S2. The zero-order valence-electron chi connectivity index (χ0n) is 13.5. The highest BCUT2D eigenvalue weighted by molar-refractivity contribution is 7.86. The Balaban J connectivity index is 1.81. The van der Waals surface area contributed by atoms with E-state index in [2.05, 4.69) is 0 Å². The molecule has 0 bridgehead atoms. The topological polar surface area (TPSA) is 70.1 Å². The molecule has 0 unspecified atom stereocenters. The van der Waals surface area contributed by atoms with Crippen molar-refractivity contribution in [1.82, 2.24) is 8.61 Å². The largest absolute Gasteiger partial charge is 0.396 e. The van der Waals surface area contributed by atoms with E-state index < -0.39 is 10.2 Å². The molecule has 0 radical (unpaired) electrons. The zero-order chi connectivity index (χ0) is 16.6. The van der Waals surface area contributed by atoms with Crippen molar-refractivity contribution in [2.24, 2.45) is 5.92 Å². The van der Waals surface area contributed by atoms with Gasteiger partial charge in [0.15, 0.2) is 0 Å². The maximum absolute atomic E-state index is 13.0. The molecule has 23 heavy (non-hydrogen) atoms. The molecule has 3 rings (SSSR count). The van der Waals surface area contributed by atoms with Gasteiger partial charge in [-0.15, -0.1) is 0 Å². The molecule has 2 fully saturated rings. The van der Waals surface area contributed by atoms with Crippen molar-refractivity contribution >= 4 is 21.5 Å². The van der Waals surface area contributed by atoms with Crippen molar-refractivity contribution < 1.29 is 18.3 Å². The minimum absolute atomic E-state index is 0.00159. The normalized spacial score (nSPS) is 34.0. The Morgan fingerprint density at radius 2 is 2.13 bits per heavy atom. The summed E-state index contributed by atoms with van der Waals surface area (Å²) in [7, 11) is -3.53. The maximum Gasteiger partial charge on any atom is 0.282 e. The van der Waals surface area contributed by atoms with Gasteiger partial charge < -0.3 is 9.84 Å². The van der Waals surface area contributed by atoms with Crippen LogP contribution in [0.25, 0.3) is 0 Å². The second-order valence-corrected chi connectivity index (χ2v) is 9.15. The first-order valence-corrected chi connectivity index (χ1v) is 10.3. The van der Waals surface area contributed by atoms with Gasteiger partial charge in [0.1, 0.15) is 0 Å². The van der Waals surface area contributed by atoms with Crippen molar-refractivity contribution in [3.8, 4) is 0 Å². The number of rotatable bonds is 4. The van der Waals surface area contributed by atoms with Gasteiger partial charge in [-0.3, -0.25) is 0 Å². The molecule has 1 aromatic rings. The minimum Gasteiger partial charge on any atom is -0.396 e. The van der Waals surface area contributed by atoms with Crippen LogP contribution >= 0.6 is 11.3 Å². The molecule has 0 amide bonds. The molecule has 130 valence electrons. The highest BCUT2D eigenvalue weighted by atomic mass is 32.2. The van der Waals surface area contributed by atoms with E-state index in [0.717, 1.165) is 5.56 Å². The third kappa shape index (κ3) is 3.33. The van der Waals surface area contributed by atoms with Gasteiger partial charge in [0.05, 0.1) is 12.7 Å². The molecule has 1 N–H and O–H groups in total. The quantitative estimate of drug-likeness (QED) is 0.873. The molecule has 6 nitrogen and oxygen atoms in total. The van der Waals surface area contributed by atoms with Crippen LogP contribution < -0.4 is 0 Å². The summed E-state index contributed by atoms with van der Waals surface area (Å²) in [6.45, 7) is 5.38. The maximum atomic E-state index is 13.0. The third-order valence-corrected chi connectivity index (χ3v) is 7.54. The van der Waals surface area contributed by atoms with Crippen LogP contribution in [0.2, 0.25) is 0 Å². The van der Waals surface area contributed by atoms with Gasteiger partial charge in [0.2, 0.25) is 0 Å². The average molecular weight is 361 g/mol. The van der Waals surface area contributed by atoms with E-state index in [9.17, 15) is 13.5 Å². The van der Waals surface area contributed by atoms with Crippen molar-refractivity contribution in [3.63, 3.8) is 0 Å². The van der Waals surface area contributed by atoms with Gasteiger partial charge in [-0.05, 0) is 36.2 Å². The van der Waals surface area contributed by atoms with E-state index >= 15 is 0 Å². The van der Waals surface area contributed by atoms with Gasteiger partial charge in [-0.25, -0.2) is 0 Å². The molecule has 2 aliphatic heterocycles. The predicted molar refractivity (Wildman–Crippen MR) is 89.7 cm³/mol. The van der Waals surface area contributed by atoms with Crippen LogP contribution in [0.3, 0.4) is 0 Å². The molecule has 0 saturated carbocycles. The summed E-state index contributed by atoms with van der Waals surface area (Å²) in [6.07, 6.45) is -0.0927. The molecule has 2 aliphatic rings. The molecule has 4 atom stereocenters. The van der Waals surface area contributed by atoms with E-state index in [4.69, 9.17) is 4.74 Å². The van der Waals surface area contributed by atoms with Crippen LogP contribution in [-0.4, -0.2) is 67.1 Å². The van der Waals surface area contributed by atoms with E-state index in [0.29, 0.717) is 26.2 Å². The number of aliphatic hydroxyl groups is 1. The smallest absolute Gasteiger partial charge is 0.282 e. The molecule has 0 aromatic carbocycles. The fourth-order valence-electron chi connectivity index (χ4n) is 3.41. The lowest BCUT2D eigenvalue weighted by Crippen LogP contribution is -2.54. The standard InChI is InChI=1S/C15H24N2O4S2/c1-11-9-21-12(2)5-17(11)23(19,20)16-6-14(8-18)15(7-16)13-3-4-22-10-13/h3-4,10-12,14-15,18H,5-9H2,1-2H3/t11-,12-,14-,15-/m1/s1. The summed E-state index contributed by atoms with van der Waals surface area (Å²) in [5.41, 5.74) is 1.12. The van der Waals surface area contributed by atoms with Gasteiger partial charge >= 0.3 is 0 Å². The Hall–Kier alpha value is -0.510. The molecule has 1 aromatic heterocycles. The lowest BCUT2D eigenvalue weighted by molar-refractivity contribution is -0.0189. The van der Waals surface area contributed by atoms with Crippen molar-refractivity contribution in [1.29, 1.82) is 0 Å². The van der Waals surface area contributed by atoms with Gasteiger partial charge in [0, 0.05) is 44.1 Å². The summed E-state index contributed by atoms with van der Waals surface area (Å²) in [4.78, 5) is 0. The van der Waals surface area contributed by atoms with E-state index in [-0.39, 0.29) is 30.6 Å². The Morgan fingerprint density at radius 3 is 2.78 bits per heavy atom. The highest BCUT2D eigenvalue weighted by Gasteiger charge is 2.44. The zero-order valence-corrected chi connectivity index (χ0v) is 15.1. The van der Waals surface area contributed by atoms with Crippen molar-refractivity contribution in [3.05, 3.63) is 22.4 Å². The van der Waals surface area contributed by atoms with E-state index in [1.54, 1.807) is 15.6 Å². The Kier molecular flexibility index (Phi) is 5.10. The Labute approximate surface area is 141 Å². The summed E-state index contributed by atoms with van der Waals surface area (Å²) in [5, 5.41) is 13.7. The summed E-state index contributed by atoms with van der Waals surface area (Å²) in [6, 6.07) is 1.86. The summed E-state index contributed by atoms with van der Waals surface area (Å²) >= 11 is 1.60. The molecule has 8 heteroatoms. The molecule has 3 heterocycles. The first-order valence-electron chi connectivity index (χ1n) is 7.95. The molecule has 2 saturated heterocycles. The van der Waals surface area contributed by atoms with E-state index in [1.165, 1.54) is 4.31 Å². The van der Waals surface area contributed by atoms with Crippen LogP contribution in [0.4, 0.5) is 0 Å². The fraction of sp³-hybridized carbons (Fsp3) is 0.733. The molecular weight excluding hydrogens is 336 g/mol. The lowest BCUT2D eigenvalue weighted by Gasteiger charge is -2.37. The average Bonchev–Trinajstić information content (AvgIpc) is 3.17. The third-order valence-electron chi connectivity index (χ3n) is 4.79. The second kappa shape index (κ2) is 6.78. The van der Waals surface area contributed by atoms with Gasteiger partial charge in [-0.2, -0.15) is 28.4 Å². The predicted octanol–water partition coefficient (Wildman–Crippen LogP) is 1.11. The number of ether oxygens (including phenoxy) is 1. The number of morpholine rings is 1. The van der Waals surface area contributed by atoms with Gasteiger partial charge in [-0.1, -0.05) is 0 Å². The Morgan fingerprint density at radius 1 is 1.35 bits per heavy atom. The summed E-state index contributed by atoms with van der Waals surface area (Å²) in [5.74, 6) is 0.0166. The van der Waals surface area contributed by atoms with Crippen molar-refractivity contribution in [2.75, 3.05) is 32.8 Å². The van der Waals surface area contributed by atoms with Crippen molar-refractivity contribution in [2.45, 2.75) is 31.9 Å². The summed E-state index contributed by atoms with van der Waals surface area (Å²) < 4.78 is 34.7. The number of nitrogens with zero attached hydrogens (tertiary/aromatic N) is 2. The van der Waals surface area contributed by atoms with Crippen LogP contribution in [0.1, 0.15) is 25.3 Å². The lowest BCUT2D eigenvalue weighted by atomic mass is 9.92. The Bertz CT molecular complexity index is 619. The number of thiophene rings is 1. The fourth-order valence-corrected chi connectivity index (χ4v) is 6.08. The van der Waals surface area contributed by atoms with E-state index in [1.807, 2.05) is 30.7 Å². The van der Waals surface area contributed by atoms with Crippen LogP contribution in [0.15, 0.2) is 16.8 Å². The van der Waals surface area contributed by atoms with Gasteiger partial charge in [0.25, 0.3) is 10.2 Å². The van der Waals surface area contributed by atoms with Crippen LogP contribution in [0.5, 0.6) is 0 Å². The van der Waals surface area contributed by atoms with Crippen LogP contribution in [-0.2, 0) is 14.9 Å².